The predicted molar refractivity (Wildman–Crippen MR) is 176 cm³/mol. The van der Waals surface area contributed by atoms with Gasteiger partial charge in [0.2, 0.25) is 5.51 Å². The monoisotopic (exact) mass is 648 g/mol. The number of unbranched alkanes of at least 4 members (excludes halogenated alkanes) is 11. The Bertz CT molecular complexity index is 1210. The summed E-state index contributed by atoms with van der Waals surface area (Å²) in [7, 11) is -2.87. The molecule has 44 heavy (non-hydrogen) atoms. The number of methoxy groups -OCH3 is 1. The molecule has 0 saturated heterocycles. The van der Waals surface area contributed by atoms with Crippen molar-refractivity contribution in [3.05, 3.63) is 71.2 Å². The SMILES string of the molecule is CCCCCCCCCCCCCCOc1cccc(OCC(COP(=O)(O)Oc2cccc(C[n+]3ccsc3)c2)OC)c1. The van der Waals surface area contributed by atoms with E-state index in [4.69, 9.17) is 23.3 Å². The highest BCUT2D eigenvalue weighted by Crippen LogP contribution is 2.44. The van der Waals surface area contributed by atoms with Gasteiger partial charge in [-0.15, -0.1) is 0 Å². The number of aromatic nitrogens is 1. The molecule has 0 aliphatic carbocycles. The Balaban J connectivity index is 1.29. The average molecular weight is 649 g/mol. The summed E-state index contributed by atoms with van der Waals surface area (Å²) < 4.78 is 42.4. The molecule has 1 N–H and O–H groups in total. The summed E-state index contributed by atoms with van der Waals surface area (Å²) in [6.45, 7) is 3.53. The number of nitrogens with zero attached hydrogens (tertiary/aromatic N) is 1. The van der Waals surface area contributed by atoms with E-state index in [9.17, 15) is 9.46 Å². The van der Waals surface area contributed by atoms with Gasteiger partial charge in [0, 0.05) is 18.7 Å². The summed E-state index contributed by atoms with van der Waals surface area (Å²) in [5, 5.41) is 1.98. The van der Waals surface area contributed by atoms with Crippen LogP contribution in [0.3, 0.4) is 0 Å². The molecule has 10 heteroatoms. The lowest BCUT2D eigenvalue weighted by molar-refractivity contribution is -0.683. The second kappa shape index (κ2) is 21.3. The van der Waals surface area contributed by atoms with Crippen LogP contribution in [0.15, 0.2) is 65.6 Å². The predicted octanol–water partition coefficient (Wildman–Crippen LogP) is 8.75. The molecule has 0 bridgehead atoms. The van der Waals surface area contributed by atoms with Gasteiger partial charge in [-0.2, -0.15) is 4.57 Å². The van der Waals surface area contributed by atoms with Gasteiger partial charge in [-0.1, -0.05) is 107 Å². The third-order valence-electron chi connectivity index (χ3n) is 7.28. The molecular weight excluding hydrogens is 597 g/mol. The summed E-state index contributed by atoms with van der Waals surface area (Å²) in [4.78, 5) is 10.3. The minimum Gasteiger partial charge on any atom is -0.493 e. The minimum atomic E-state index is -4.37. The van der Waals surface area contributed by atoms with Crippen LogP contribution in [0.25, 0.3) is 0 Å². The molecule has 1 heterocycles. The summed E-state index contributed by atoms with van der Waals surface area (Å²) in [5.74, 6) is 1.64. The lowest BCUT2D eigenvalue weighted by Gasteiger charge is -2.19. The van der Waals surface area contributed by atoms with Gasteiger partial charge in [0.05, 0.1) is 18.6 Å². The van der Waals surface area contributed by atoms with Crippen molar-refractivity contribution in [2.75, 3.05) is 26.9 Å². The van der Waals surface area contributed by atoms with Crippen molar-refractivity contribution >= 4 is 19.2 Å². The maximum absolute atomic E-state index is 12.6. The lowest BCUT2D eigenvalue weighted by Crippen LogP contribution is -2.30. The molecule has 3 rings (SSSR count). The van der Waals surface area contributed by atoms with Crippen LogP contribution in [0, 0.1) is 0 Å². The number of hydrogen-bond acceptors (Lipinski definition) is 7. The zero-order valence-corrected chi connectivity index (χ0v) is 28.2. The standard InChI is InChI=1S/C34H50NO7PS/c1-3-4-5-6-7-8-9-10-11-12-13-14-22-39-31-18-16-19-32(25-31)40-27-34(38-2)28-41-43(36,37)42-33-20-15-17-30(24-33)26-35-21-23-44-29-35/h15-21,23-25,29,34H,3-14,22,26-28H2,1-2H3/p+1. The molecule has 244 valence electrons. The van der Waals surface area contributed by atoms with E-state index >= 15 is 0 Å². The maximum atomic E-state index is 12.6. The highest BCUT2D eigenvalue weighted by Gasteiger charge is 2.26. The molecule has 0 aliphatic heterocycles. The first-order chi connectivity index (χ1) is 21.5. The Kier molecular flexibility index (Phi) is 17.5. The van der Waals surface area contributed by atoms with E-state index in [1.807, 2.05) is 52.0 Å². The lowest BCUT2D eigenvalue weighted by atomic mass is 10.1. The zero-order valence-electron chi connectivity index (χ0n) is 26.4. The van der Waals surface area contributed by atoms with Gasteiger partial charge in [0.1, 0.15) is 30.0 Å². The highest BCUT2D eigenvalue weighted by atomic mass is 32.1. The van der Waals surface area contributed by atoms with Crippen molar-refractivity contribution in [1.29, 1.82) is 0 Å². The molecule has 0 spiro atoms. The number of phosphoric acid groups is 1. The Morgan fingerprint density at radius 2 is 1.45 bits per heavy atom. The summed E-state index contributed by atoms with van der Waals surface area (Å²) >= 11 is 1.60. The van der Waals surface area contributed by atoms with Crippen LogP contribution in [0.4, 0.5) is 0 Å². The normalized spacial score (nSPS) is 13.3. The fourth-order valence-electron chi connectivity index (χ4n) is 4.76. The topological polar surface area (TPSA) is 87.3 Å². The van der Waals surface area contributed by atoms with Gasteiger partial charge in [-0.25, -0.2) is 4.57 Å². The highest BCUT2D eigenvalue weighted by molar-refractivity contribution is 7.47. The maximum Gasteiger partial charge on any atom is 0.527 e. The smallest absolute Gasteiger partial charge is 0.493 e. The van der Waals surface area contributed by atoms with Crippen LogP contribution < -0.4 is 18.6 Å². The molecule has 3 aromatic rings. The van der Waals surface area contributed by atoms with E-state index in [1.165, 1.54) is 77.7 Å². The van der Waals surface area contributed by atoms with E-state index in [0.717, 1.165) is 17.7 Å². The van der Waals surface area contributed by atoms with Gasteiger partial charge < -0.3 is 18.7 Å². The van der Waals surface area contributed by atoms with Crippen molar-refractivity contribution in [3.63, 3.8) is 0 Å². The molecule has 1 aromatic heterocycles. The minimum absolute atomic E-state index is 0.131. The number of rotatable bonds is 25. The molecule has 0 amide bonds. The molecular formula is C34H51NO7PS+. The zero-order chi connectivity index (χ0) is 31.3. The molecule has 8 nitrogen and oxygen atoms in total. The van der Waals surface area contributed by atoms with Gasteiger partial charge in [-0.05, 0) is 30.7 Å². The summed E-state index contributed by atoms with van der Waals surface area (Å²) in [6.07, 6.45) is 17.1. The Morgan fingerprint density at radius 1 is 0.818 bits per heavy atom. The molecule has 0 saturated carbocycles. The van der Waals surface area contributed by atoms with Crippen LogP contribution in [-0.2, 0) is 20.4 Å². The van der Waals surface area contributed by atoms with E-state index < -0.39 is 13.9 Å². The van der Waals surface area contributed by atoms with Crippen LogP contribution >= 0.6 is 19.2 Å². The first-order valence-corrected chi connectivity index (χ1v) is 18.5. The Hall–Kier alpha value is -2.42. The second-order valence-electron chi connectivity index (χ2n) is 11.1. The largest absolute Gasteiger partial charge is 0.527 e. The quantitative estimate of drug-likeness (QED) is 0.0558. The number of benzene rings is 2. The van der Waals surface area contributed by atoms with Crippen molar-refractivity contribution < 1.29 is 37.3 Å². The third-order valence-corrected chi connectivity index (χ3v) is 8.86. The molecule has 0 fully saturated rings. The number of phosphoric ester groups is 1. The van der Waals surface area contributed by atoms with Crippen LogP contribution in [0.1, 0.15) is 89.5 Å². The van der Waals surface area contributed by atoms with Crippen LogP contribution in [0.2, 0.25) is 0 Å². The first kappa shape index (κ1) is 36.1. The van der Waals surface area contributed by atoms with Gasteiger partial charge in [0.25, 0.3) is 0 Å². The van der Waals surface area contributed by atoms with Gasteiger partial charge in [-0.3, -0.25) is 9.42 Å². The van der Waals surface area contributed by atoms with Crippen molar-refractivity contribution in [1.82, 2.24) is 0 Å². The van der Waals surface area contributed by atoms with Crippen molar-refractivity contribution in [2.24, 2.45) is 0 Å². The third kappa shape index (κ3) is 15.5. The van der Waals surface area contributed by atoms with Gasteiger partial charge in [0.15, 0.2) is 12.7 Å². The van der Waals surface area contributed by atoms with E-state index in [2.05, 4.69) is 6.92 Å². The number of hydrogen-bond donors (Lipinski definition) is 1. The second-order valence-corrected chi connectivity index (χ2v) is 13.2. The number of thiazole rings is 1. The fraction of sp³-hybridized carbons (Fsp3) is 0.559. The van der Waals surface area contributed by atoms with Crippen molar-refractivity contribution in [3.8, 4) is 17.2 Å². The summed E-state index contributed by atoms with van der Waals surface area (Å²) in [6, 6.07) is 14.5. The van der Waals surface area contributed by atoms with Crippen molar-refractivity contribution in [2.45, 2.75) is 96.6 Å². The molecule has 2 aromatic carbocycles. The van der Waals surface area contributed by atoms with Gasteiger partial charge >= 0.3 is 7.82 Å². The first-order valence-electron chi connectivity index (χ1n) is 16.0. The molecule has 0 radical (unpaired) electrons. The fourth-order valence-corrected chi connectivity index (χ4v) is 6.15. The van der Waals surface area contributed by atoms with Crippen LogP contribution in [0.5, 0.6) is 17.2 Å². The summed E-state index contributed by atoms with van der Waals surface area (Å²) in [5.41, 5.74) is 2.93. The van der Waals surface area contributed by atoms with E-state index in [0.29, 0.717) is 18.9 Å². The number of ether oxygens (including phenoxy) is 3. The molecule has 2 unspecified atom stereocenters. The average Bonchev–Trinajstić information content (AvgIpc) is 3.53. The Morgan fingerprint density at radius 3 is 2.11 bits per heavy atom. The Labute approximate surface area is 267 Å². The van der Waals surface area contributed by atoms with Crippen LogP contribution in [-0.4, -0.2) is 37.9 Å². The molecule has 0 aliphatic rings. The van der Waals surface area contributed by atoms with E-state index in [-0.39, 0.29) is 19.0 Å². The van der Waals surface area contributed by atoms with E-state index in [1.54, 1.807) is 29.5 Å². The molecule has 2 atom stereocenters.